The number of fused-ring (bicyclic) bond motifs is 1. The fourth-order valence-electron chi connectivity index (χ4n) is 1.99. The summed E-state index contributed by atoms with van der Waals surface area (Å²) in [4.78, 5) is 11.5. The second kappa shape index (κ2) is 5.39. The van der Waals surface area contributed by atoms with Gasteiger partial charge in [-0.15, -0.1) is 5.10 Å². The highest BCUT2D eigenvalue weighted by atomic mass is 16.2. The number of tetrazole rings is 1. The topological polar surface area (TPSA) is 101 Å². The number of rotatable bonds is 4. The molecule has 0 spiro atoms. The summed E-state index contributed by atoms with van der Waals surface area (Å²) in [6.45, 7) is 1.19. The molecule has 0 aliphatic heterocycles. The quantitative estimate of drug-likeness (QED) is 0.658. The number of hydrogen-bond donors (Lipinski definition) is 3. The maximum Gasteiger partial charge on any atom is 0.321 e. The summed E-state index contributed by atoms with van der Waals surface area (Å²) in [5, 5.41) is 19.2. The molecule has 3 N–H and O–H groups in total. The van der Waals surface area contributed by atoms with Crippen LogP contribution in [0.4, 0.5) is 10.7 Å². The molecule has 3 aromatic rings. The van der Waals surface area contributed by atoms with E-state index in [0.29, 0.717) is 13.1 Å². The number of aromatic amines is 1. The molecule has 102 valence electrons. The first-order valence-corrected chi connectivity index (χ1v) is 6.15. The van der Waals surface area contributed by atoms with Gasteiger partial charge in [-0.1, -0.05) is 23.3 Å². The number of carbonyl (C=O) groups is 1. The molecule has 0 unspecified atom stereocenters. The SMILES string of the molecule is O=C(NCCn1ccc2ccccc21)Nc1nn[nH]n1. The molecule has 20 heavy (non-hydrogen) atoms. The monoisotopic (exact) mass is 271 g/mol. The number of nitrogens with zero attached hydrogens (tertiary/aromatic N) is 4. The molecule has 8 heteroatoms. The predicted molar refractivity (Wildman–Crippen MR) is 73.1 cm³/mol. The van der Waals surface area contributed by atoms with E-state index in [0.717, 1.165) is 5.52 Å². The Balaban J connectivity index is 1.53. The first-order valence-electron chi connectivity index (χ1n) is 6.15. The molecule has 0 saturated carbocycles. The number of H-pyrrole nitrogens is 1. The van der Waals surface area contributed by atoms with Crippen LogP contribution in [0.5, 0.6) is 0 Å². The molecule has 1 aromatic carbocycles. The first kappa shape index (κ1) is 12.2. The van der Waals surface area contributed by atoms with Crippen LogP contribution in [0.15, 0.2) is 36.5 Å². The molecule has 0 saturated heterocycles. The minimum Gasteiger partial charge on any atom is -0.346 e. The second-order valence-electron chi connectivity index (χ2n) is 4.18. The van der Waals surface area contributed by atoms with Gasteiger partial charge in [-0.05, 0) is 22.7 Å². The van der Waals surface area contributed by atoms with Crippen LogP contribution in [0.3, 0.4) is 0 Å². The van der Waals surface area contributed by atoms with Gasteiger partial charge in [0.2, 0.25) is 0 Å². The largest absolute Gasteiger partial charge is 0.346 e. The third-order valence-corrected chi connectivity index (χ3v) is 2.89. The summed E-state index contributed by atoms with van der Waals surface area (Å²) in [5.74, 6) is 0.147. The molecule has 2 amide bonds. The summed E-state index contributed by atoms with van der Waals surface area (Å²) < 4.78 is 2.09. The Morgan fingerprint density at radius 2 is 2.20 bits per heavy atom. The number of anilines is 1. The number of amides is 2. The summed E-state index contributed by atoms with van der Waals surface area (Å²) in [5.41, 5.74) is 1.15. The van der Waals surface area contributed by atoms with Crippen molar-refractivity contribution in [3.8, 4) is 0 Å². The Kier molecular flexibility index (Phi) is 3.27. The minimum atomic E-state index is -0.358. The van der Waals surface area contributed by atoms with Crippen LogP contribution in [-0.2, 0) is 6.54 Å². The maximum absolute atomic E-state index is 11.5. The van der Waals surface area contributed by atoms with Gasteiger partial charge >= 0.3 is 6.03 Å². The molecule has 2 aromatic heterocycles. The summed E-state index contributed by atoms with van der Waals surface area (Å²) >= 11 is 0. The summed E-state index contributed by atoms with van der Waals surface area (Å²) in [6.07, 6.45) is 2.00. The van der Waals surface area contributed by atoms with E-state index < -0.39 is 0 Å². The van der Waals surface area contributed by atoms with Gasteiger partial charge in [-0.25, -0.2) is 4.79 Å². The highest BCUT2D eigenvalue weighted by molar-refractivity contribution is 5.87. The second-order valence-corrected chi connectivity index (χ2v) is 4.18. The lowest BCUT2D eigenvalue weighted by Gasteiger charge is -2.07. The molecule has 0 aliphatic carbocycles. The average molecular weight is 271 g/mol. The normalized spacial score (nSPS) is 10.6. The van der Waals surface area contributed by atoms with Crippen LogP contribution in [0.1, 0.15) is 0 Å². The first-order chi connectivity index (χ1) is 9.83. The van der Waals surface area contributed by atoms with Crippen LogP contribution in [0, 0.1) is 0 Å². The molecule has 2 heterocycles. The number of aromatic nitrogens is 5. The highest BCUT2D eigenvalue weighted by Gasteiger charge is 2.04. The van der Waals surface area contributed by atoms with E-state index in [-0.39, 0.29) is 12.0 Å². The fraction of sp³-hybridized carbons (Fsp3) is 0.167. The van der Waals surface area contributed by atoms with Crippen LogP contribution in [0.25, 0.3) is 10.9 Å². The summed E-state index contributed by atoms with van der Waals surface area (Å²) in [6, 6.07) is 9.80. The van der Waals surface area contributed by atoms with Crippen molar-refractivity contribution in [2.45, 2.75) is 6.54 Å². The zero-order chi connectivity index (χ0) is 13.8. The standard InChI is InChI=1S/C12H13N7O/c20-12(14-11-15-17-18-16-11)13-6-8-19-7-5-9-3-1-2-4-10(9)19/h1-5,7H,6,8H2,(H3,13,14,15,16,17,18,20). The van der Waals surface area contributed by atoms with E-state index in [1.54, 1.807) is 0 Å². The third kappa shape index (κ3) is 2.58. The minimum absolute atomic E-state index is 0.147. The zero-order valence-corrected chi connectivity index (χ0v) is 10.6. The molecule has 0 radical (unpaired) electrons. The lowest BCUT2D eigenvalue weighted by atomic mass is 10.2. The Bertz CT molecular complexity index is 704. The van der Waals surface area contributed by atoms with Crippen molar-refractivity contribution >= 4 is 22.9 Å². The van der Waals surface area contributed by atoms with Crippen LogP contribution in [-0.4, -0.2) is 37.8 Å². The molecule has 8 nitrogen and oxygen atoms in total. The van der Waals surface area contributed by atoms with E-state index in [2.05, 4.69) is 54.0 Å². The lowest BCUT2D eigenvalue weighted by molar-refractivity contribution is 0.251. The molecule has 3 rings (SSSR count). The number of benzene rings is 1. The van der Waals surface area contributed by atoms with Crippen molar-refractivity contribution in [2.24, 2.45) is 0 Å². The number of nitrogens with one attached hydrogen (secondary N) is 3. The maximum atomic E-state index is 11.5. The van der Waals surface area contributed by atoms with E-state index in [9.17, 15) is 4.79 Å². The van der Waals surface area contributed by atoms with Gasteiger partial charge in [0.1, 0.15) is 0 Å². The van der Waals surface area contributed by atoms with Crippen molar-refractivity contribution in [1.82, 2.24) is 30.5 Å². The third-order valence-electron chi connectivity index (χ3n) is 2.89. The number of hydrogen-bond acceptors (Lipinski definition) is 4. The van der Waals surface area contributed by atoms with Gasteiger partial charge in [-0.2, -0.15) is 5.21 Å². The van der Waals surface area contributed by atoms with E-state index in [4.69, 9.17) is 0 Å². The van der Waals surface area contributed by atoms with Crippen molar-refractivity contribution < 1.29 is 4.79 Å². The molecular weight excluding hydrogens is 258 g/mol. The Labute approximate surface area is 114 Å². The number of carbonyl (C=O) groups excluding carboxylic acids is 1. The van der Waals surface area contributed by atoms with Crippen LogP contribution < -0.4 is 10.6 Å². The molecule has 0 atom stereocenters. The smallest absolute Gasteiger partial charge is 0.321 e. The zero-order valence-electron chi connectivity index (χ0n) is 10.6. The van der Waals surface area contributed by atoms with Gasteiger partial charge in [0.15, 0.2) is 0 Å². The molecule has 0 aliphatic rings. The van der Waals surface area contributed by atoms with Gasteiger partial charge in [0, 0.05) is 24.8 Å². The van der Waals surface area contributed by atoms with Crippen molar-refractivity contribution in [1.29, 1.82) is 0 Å². The van der Waals surface area contributed by atoms with Gasteiger partial charge < -0.3 is 9.88 Å². The summed E-state index contributed by atoms with van der Waals surface area (Å²) in [7, 11) is 0. The van der Waals surface area contributed by atoms with Crippen LogP contribution in [0.2, 0.25) is 0 Å². The van der Waals surface area contributed by atoms with Crippen molar-refractivity contribution in [3.63, 3.8) is 0 Å². The van der Waals surface area contributed by atoms with Gasteiger partial charge in [-0.3, -0.25) is 5.32 Å². The molecule has 0 bridgehead atoms. The number of urea groups is 1. The van der Waals surface area contributed by atoms with Gasteiger partial charge in [0.05, 0.1) is 0 Å². The average Bonchev–Trinajstić information content (AvgIpc) is 3.09. The highest BCUT2D eigenvalue weighted by Crippen LogP contribution is 2.14. The number of para-hydroxylation sites is 1. The van der Waals surface area contributed by atoms with Crippen LogP contribution >= 0.6 is 0 Å². The molecule has 0 fully saturated rings. The van der Waals surface area contributed by atoms with Crippen molar-refractivity contribution in [2.75, 3.05) is 11.9 Å². The van der Waals surface area contributed by atoms with E-state index in [1.807, 2.05) is 18.3 Å². The van der Waals surface area contributed by atoms with E-state index >= 15 is 0 Å². The lowest BCUT2D eigenvalue weighted by Crippen LogP contribution is -2.31. The Hall–Kier alpha value is -2.90. The van der Waals surface area contributed by atoms with E-state index in [1.165, 1.54) is 5.39 Å². The Morgan fingerprint density at radius 1 is 1.30 bits per heavy atom. The van der Waals surface area contributed by atoms with Gasteiger partial charge in [0.25, 0.3) is 5.95 Å². The fourth-order valence-corrected chi connectivity index (χ4v) is 1.99. The van der Waals surface area contributed by atoms with Crippen molar-refractivity contribution in [3.05, 3.63) is 36.5 Å². The predicted octanol–water partition coefficient (Wildman–Crippen LogP) is 0.976. The Morgan fingerprint density at radius 3 is 3.05 bits per heavy atom. The molecular formula is C12H13N7O.